The molecule has 1 aromatic heterocycles. The van der Waals surface area contributed by atoms with E-state index in [0.29, 0.717) is 11.3 Å². The highest BCUT2D eigenvalue weighted by atomic mass is 35.5. The van der Waals surface area contributed by atoms with Gasteiger partial charge in [-0.25, -0.2) is 4.79 Å². The fourth-order valence-electron chi connectivity index (χ4n) is 2.27. The molecule has 0 saturated carbocycles. The highest BCUT2D eigenvalue weighted by Gasteiger charge is 2.25. The van der Waals surface area contributed by atoms with Crippen molar-refractivity contribution in [2.75, 3.05) is 0 Å². The van der Waals surface area contributed by atoms with Crippen LogP contribution in [0.3, 0.4) is 0 Å². The Balaban J connectivity index is 1.85. The number of carbonyl (C=O) groups is 1. The van der Waals surface area contributed by atoms with Crippen molar-refractivity contribution < 1.29 is 14.1 Å². The molecule has 26 heavy (non-hydrogen) atoms. The average Bonchev–Trinajstić information content (AvgIpc) is 3.17. The summed E-state index contributed by atoms with van der Waals surface area (Å²) in [6.45, 7) is 0. The fraction of sp³-hybridized carbons (Fsp3) is 0.0526. The van der Waals surface area contributed by atoms with Crippen LogP contribution in [0, 0.1) is 0 Å². The molecule has 0 aliphatic heterocycles. The zero-order chi connectivity index (χ0) is 18.5. The third kappa shape index (κ3) is 4.28. The molecule has 0 fully saturated rings. The largest absolute Gasteiger partial charge is 0.447 e. The van der Waals surface area contributed by atoms with Crippen LogP contribution in [0.15, 0.2) is 80.8 Å². The lowest BCUT2D eigenvalue weighted by Gasteiger charge is -2.17. The minimum atomic E-state index is -0.952. The number of hydrogen-bond acceptors (Lipinski definition) is 4. The van der Waals surface area contributed by atoms with E-state index < -0.39 is 12.1 Å². The third-order valence-corrected chi connectivity index (χ3v) is 4.50. The standard InChI is InChI=1S/C19H12Cl3NO3/c20-16(18(21)22)17(13-9-5-2-6-10-13)25-19(24)14-11-15(26-23-14)12-7-3-1-4-8-12/h1-11,17H. The van der Waals surface area contributed by atoms with Gasteiger partial charge in [0.25, 0.3) is 0 Å². The number of nitrogens with zero attached hydrogens (tertiary/aromatic N) is 1. The number of rotatable bonds is 5. The van der Waals surface area contributed by atoms with E-state index in [1.807, 2.05) is 36.4 Å². The number of aromatic nitrogens is 1. The second kappa shape index (κ2) is 8.41. The SMILES string of the molecule is O=C(OC(C(Cl)=C(Cl)Cl)c1ccccc1)c1cc(-c2ccccc2)on1. The van der Waals surface area contributed by atoms with E-state index in [4.69, 9.17) is 44.1 Å². The van der Waals surface area contributed by atoms with Gasteiger partial charge in [0.15, 0.2) is 17.6 Å². The van der Waals surface area contributed by atoms with E-state index >= 15 is 0 Å². The quantitative estimate of drug-likeness (QED) is 0.477. The lowest BCUT2D eigenvalue weighted by atomic mass is 10.1. The maximum atomic E-state index is 12.5. The molecule has 132 valence electrons. The number of carbonyl (C=O) groups excluding carboxylic acids is 1. The van der Waals surface area contributed by atoms with Gasteiger partial charge >= 0.3 is 5.97 Å². The number of halogens is 3. The molecule has 0 aliphatic rings. The number of esters is 1. The van der Waals surface area contributed by atoms with Crippen LogP contribution in [0.2, 0.25) is 0 Å². The maximum Gasteiger partial charge on any atom is 0.361 e. The summed E-state index contributed by atoms with van der Waals surface area (Å²) in [6, 6.07) is 19.7. The summed E-state index contributed by atoms with van der Waals surface area (Å²) in [6.07, 6.45) is -0.952. The van der Waals surface area contributed by atoms with E-state index in [1.165, 1.54) is 6.07 Å². The van der Waals surface area contributed by atoms with Crippen LogP contribution in [0.4, 0.5) is 0 Å². The van der Waals surface area contributed by atoms with Crippen LogP contribution >= 0.6 is 34.8 Å². The van der Waals surface area contributed by atoms with Crippen LogP contribution < -0.4 is 0 Å². The van der Waals surface area contributed by atoms with Crippen molar-refractivity contribution in [2.24, 2.45) is 0 Å². The first-order chi connectivity index (χ1) is 12.6. The van der Waals surface area contributed by atoms with Gasteiger partial charge in [-0.3, -0.25) is 0 Å². The smallest absolute Gasteiger partial charge is 0.361 e. The normalized spacial score (nSPS) is 11.7. The second-order valence-electron chi connectivity index (χ2n) is 5.25. The molecule has 0 aliphatic carbocycles. The molecule has 1 unspecified atom stereocenters. The Morgan fingerprint density at radius 1 is 0.962 bits per heavy atom. The molecular weight excluding hydrogens is 397 g/mol. The van der Waals surface area contributed by atoms with Gasteiger partial charge < -0.3 is 9.26 Å². The number of benzene rings is 2. The van der Waals surface area contributed by atoms with E-state index in [9.17, 15) is 4.79 Å². The van der Waals surface area contributed by atoms with E-state index in [1.54, 1.807) is 24.3 Å². The van der Waals surface area contributed by atoms with E-state index in [0.717, 1.165) is 5.56 Å². The summed E-state index contributed by atoms with van der Waals surface area (Å²) < 4.78 is 10.5. The summed E-state index contributed by atoms with van der Waals surface area (Å²) in [4.78, 5) is 12.5. The first-order valence-electron chi connectivity index (χ1n) is 7.55. The molecule has 0 amide bonds. The van der Waals surface area contributed by atoms with Crippen molar-refractivity contribution in [3.05, 3.63) is 87.5 Å². The molecule has 1 heterocycles. The molecule has 0 bridgehead atoms. The van der Waals surface area contributed by atoms with Crippen LogP contribution in [0.5, 0.6) is 0 Å². The van der Waals surface area contributed by atoms with Crippen LogP contribution in [0.25, 0.3) is 11.3 Å². The summed E-state index contributed by atoms with van der Waals surface area (Å²) >= 11 is 17.7. The van der Waals surface area contributed by atoms with Crippen molar-refractivity contribution in [2.45, 2.75) is 6.10 Å². The molecule has 2 aromatic carbocycles. The molecule has 7 heteroatoms. The lowest BCUT2D eigenvalue weighted by molar-refractivity contribution is 0.0372. The van der Waals surface area contributed by atoms with Gasteiger partial charge in [0, 0.05) is 11.6 Å². The van der Waals surface area contributed by atoms with Gasteiger partial charge in [-0.1, -0.05) is 101 Å². The van der Waals surface area contributed by atoms with Gasteiger partial charge in [0.05, 0.1) is 5.03 Å². The van der Waals surface area contributed by atoms with Gasteiger partial charge in [0.2, 0.25) is 0 Å². The maximum absolute atomic E-state index is 12.5. The molecule has 3 aromatic rings. The Morgan fingerprint density at radius 3 is 2.19 bits per heavy atom. The van der Waals surface area contributed by atoms with Crippen molar-refractivity contribution in [1.82, 2.24) is 5.16 Å². The van der Waals surface area contributed by atoms with Crippen molar-refractivity contribution in [3.8, 4) is 11.3 Å². The zero-order valence-electron chi connectivity index (χ0n) is 13.2. The molecule has 3 rings (SSSR count). The van der Waals surface area contributed by atoms with Gasteiger partial charge in [0.1, 0.15) is 4.49 Å². The second-order valence-corrected chi connectivity index (χ2v) is 6.60. The van der Waals surface area contributed by atoms with Crippen molar-refractivity contribution in [1.29, 1.82) is 0 Å². The minimum Gasteiger partial charge on any atom is -0.447 e. The number of ether oxygens (including phenoxy) is 1. The molecule has 0 N–H and O–H groups in total. The summed E-state index contributed by atoms with van der Waals surface area (Å²) in [5, 5.41) is 3.77. The highest BCUT2D eigenvalue weighted by Crippen LogP contribution is 2.34. The van der Waals surface area contributed by atoms with E-state index in [-0.39, 0.29) is 15.2 Å². The Kier molecular flexibility index (Phi) is 5.99. The van der Waals surface area contributed by atoms with Gasteiger partial charge in [-0.2, -0.15) is 0 Å². The van der Waals surface area contributed by atoms with E-state index in [2.05, 4.69) is 5.16 Å². The monoisotopic (exact) mass is 407 g/mol. The van der Waals surface area contributed by atoms with Crippen molar-refractivity contribution >= 4 is 40.8 Å². The Bertz CT molecular complexity index is 919. The lowest BCUT2D eigenvalue weighted by Crippen LogP contribution is -2.12. The summed E-state index contributed by atoms with van der Waals surface area (Å²) in [5.41, 5.74) is 1.43. The van der Waals surface area contributed by atoms with Gasteiger partial charge in [-0.15, -0.1) is 0 Å². The minimum absolute atomic E-state index is 0.000314. The number of hydrogen-bond donors (Lipinski definition) is 0. The predicted molar refractivity (Wildman–Crippen MR) is 101 cm³/mol. The first kappa shape index (κ1) is 18.5. The Labute approximate surface area is 164 Å². The molecule has 4 nitrogen and oxygen atoms in total. The first-order valence-corrected chi connectivity index (χ1v) is 8.68. The molecule has 1 atom stereocenters. The fourth-order valence-corrected chi connectivity index (χ4v) is 2.64. The van der Waals surface area contributed by atoms with Gasteiger partial charge in [-0.05, 0) is 5.56 Å². The molecule has 0 radical (unpaired) electrons. The van der Waals surface area contributed by atoms with Crippen LogP contribution in [0.1, 0.15) is 22.2 Å². The average molecular weight is 409 g/mol. The summed E-state index contributed by atoms with van der Waals surface area (Å²) in [5.74, 6) is -0.261. The zero-order valence-corrected chi connectivity index (χ0v) is 15.5. The molecular formula is C19H12Cl3NO3. The highest BCUT2D eigenvalue weighted by molar-refractivity contribution is 6.59. The van der Waals surface area contributed by atoms with Crippen LogP contribution in [-0.4, -0.2) is 11.1 Å². The summed E-state index contributed by atoms with van der Waals surface area (Å²) in [7, 11) is 0. The molecule has 0 spiro atoms. The van der Waals surface area contributed by atoms with Crippen LogP contribution in [-0.2, 0) is 4.74 Å². The Hall–Kier alpha value is -2.27. The predicted octanol–water partition coefficient (Wildman–Crippen LogP) is 6.13. The topological polar surface area (TPSA) is 52.3 Å². The third-order valence-electron chi connectivity index (χ3n) is 3.52. The molecule has 0 saturated heterocycles. The Morgan fingerprint density at radius 2 is 1.58 bits per heavy atom. The van der Waals surface area contributed by atoms with Crippen molar-refractivity contribution in [3.63, 3.8) is 0 Å².